The third kappa shape index (κ3) is 3.31. The smallest absolute Gasteiger partial charge is 0.289 e. The predicted octanol–water partition coefficient (Wildman–Crippen LogP) is 3.44. The van der Waals surface area contributed by atoms with Crippen molar-refractivity contribution in [3.05, 3.63) is 48.0 Å². The number of hydrogen-bond donors (Lipinski definition) is 2. The van der Waals surface area contributed by atoms with E-state index in [1.54, 1.807) is 29.2 Å². The highest BCUT2D eigenvalue weighted by Gasteiger charge is 2.54. The number of likely N-dealkylation sites (tertiary alicyclic amines) is 1. The number of hydrogen-bond acceptors (Lipinski definition) is 4. The minimum atomic E-state index is -0.421. The number of halogens is 1. The van der Waals surface area contributed by atoms with Crippen LogP contribution in [0.4, 0.5) is 4.39 Å². The minimum Gasteiger partial charge on any atom is -0.451 e. The van der Waals surface area contributed by atoms with E-state index in [0.717, 1.165) is 31.2 Å². The second-order valence-electron chi connectivity index (χ2n) is 8.77. The van der Waals surface area contributed by atoms with Gasteiger partial charge in [0.15, 0.2) is 5.76 Å². The van der Waals surface area contributed by atoms with Gasteiger partial charge in [-0.3, -0.25) is 14.9 Å². The van der Waals surface area contributed by atoms with Crippen molar-refractivity contribution in [2.75, 3.05) is 13.1 Å². The molecule has 2 N–H and O–H groups in total. The number of carbonyl (C=O) groups is 2. The molecule has 2 aromatic rings. The van der Waals surface area contributed by atoms with Gasteiger partial charge in [-0.2, -0.15) is 0 Å². The summed E-state index contributed by atoms with van der Waals surface area (Å²) < 4.78 is 18.9. The van der Waals surface area contributed by atoms with Crippen molar-refractivity contribution in [3.8, 4) is 11.3 Å². The molecule has 5 rings (SSSR count). The summed E-state index contributed by atoms with van der Waals surface area (Å²) in [5, 5.41) is 6.87. The van der Waals surface area contributed by atoms with Gasteiger partial charge in [-0.25, -0.2) is 4.39 Å². The van der Waals surface area contributed by atoms with E-state index in [9.17, 15) is 14.0 Å². The Labute approximate surface area is 174 Å². The Hall–Kier alpha value is -2.67. The highest BCUT2D eigenvalue weighted by molar-refractivity contribution is 5.92. The van der Waals surface area contributed by atoms with Gasteiger partial charge in [0.25, 0.3) is 5.91 Å². The van der Waals surface area contributed by atoms with Gasteiger partial charge in [0.1, 0.15) is 11.6 Å². The number of piperidine rings is 1. The number of furan rings is 1. The van der Waals surface area contributed by atoms with Crippen LogP contribution in [-0.4, -0.2) is 41.0 Å². The molecule has 2 saturated heterocycles. The Balaban J connectivity index is 1.24. The zero-order chi connectivity index (χ0) is 20.8. The van der Waals surface area contributed by atoms with Gasteiger partial charge in [0.2, 0.25) is 5.91 Å². The second-order valence-corrected chi connectivity index (χ2v) is 8.77. The standard InChI is InChI=1S/C23H26FN3O3/c24-17-6-4-16(5-7-17)18-8-9-19(30-18)20(28)27-14-12-23(13-15-27)25-21(29)22(26-23)10-2-1-3-11-22/h4-9,26H,1-3,10-15H2,(H,25,29). The lowest BCUT2D eigenvalue weighted by molar-refractivity contribution is -0.125. The summed E-state index contributed by atoms with van der Waals surface area (Å²) in [6, 6.07) is 9.39. The van der Waals surface area contributed by atoms with Crippen LogP contribution < -0.4 is 10.6 Å². The molecule has 0 unspecified atom stereocenters. The summed E-state index contributed by atoms with van der Waals surface area (Å²) >= 11 is 0. The van der Waals surface area contributed by atoms with Crippen LogP contribution in [-0.2, 0) is 4.79 Å². The molecule has 3 fully saturated rings. The number of rotatable bonds is 2. The van der Waals surface area contributed by atoms with E-state index in [1.807, 2.05) is 0 Å². The molecule has 1 saturated carbocycles. The number of benzene rings is 1. The van der Waals surface area contributed by atoms with E-state index in [1.165, 1.54) is 18.6 Å². The summed E-state index contributed by atoms with van der Waals surface area (Å²) in [4.78, 5) is 27.4. The molecule has 2 spiro atoms. The molecule has 158 valence electrons. The minimum absolute atomic E-state index is 0.122. The van der Waals surface area contributed by atoms with Crippen molar-refractivity contribution in [1.82, 2.24) is 15.5 Å². The Morgan fingerprint density at radius 1 is 0.967 bits per heavy atom. The number of nitrogens with one attached hydrogen (secondary N) is 2. The summed E-state index contributed by atoms with van der Waals surface area (Å²) in [5.74, 6) is 0.464. The molecule has 0 radical (unpaired) electrons. The van der Waals surface area contributed by atoms with Crippen LogP contribution in [0.15, 0.2) is 40.8 Å². The van der Waals surface area contributed by atoms with E-state index < -0.39 is 11.2 Å². The monoisotopic (exact) mass is 411 g/mol. The maximum Gasteiger partial charge on any atom is 0.289 e. The first-order valence-corrected chi connectivity index (χ1v) is 10.8. The van der Waals surface area contributed by atoms with Crippen LogP contribution >= 0.6 is 0 Å². The Kier molecular flexibility index (Phi) is 4.65. The molecule has 6 nitrogen and oxygen atoms in total. The molecule has 0 atom stereocenters. The first-order chi connectivity index (χ1) is 14.5. The van der Waals surface area contributed by atoms with Crippen molar-refractivity contribution >= 4 is 11.8 Å². The topological polar surface area (TPSA) is 74.6 Å². The molecule has 30 heavy (non-hydrogen) atoms. The molecule has 2 amide bonds. The highest BCUT2D eigenvalue weighted by atomic mass is 19.1. The zero-order valence-electron chi connectivity index (χ0n) is 16.9. The van der Waals surface area contributed by atoms with Crippen molar-refractivity contribution in [2.24, 2.45) is 0 Å². The van der Waals surface area contributed by atoms with Crippen LogP contribution in [0, 0.1) is 5.82 Å². The molecule has 2 aliphatic heterocycles. The van der Waals surface area contributed by atoms with Crippen LogP contribution in [0.3, 0.4) is 0 Å². The van der Waals surface area contributed by atoms with Gasteiger partial charge >= 0.3 is 0 Å². The number of nitrogens with zero attached hydrogens (tertiary/aromatic N) is 1. The lowest BCUT2D eigenvalue weighted by atomic mass is 9.81. The summed E-state index contributed by atoms with van der Waals surface area (Å²) in [7, 11) is 0. The van der Waals surface area contributed by atoms with Crippen LogP contribution in [0.2, 0.25) is 0 Å². The largest absolute Gasteiger partial charge is 0.451 e. The van der Waals surface area contributed by atoms with Gasteiger partial charge in [-0.1, -0.05) is 19.3 Å². The third-order valence-corrected chi connectivity index (χ3v) is 6.82. The maximum atomic E-state index is 13.1. The van der Waals surface area contributed by atoms with Gasteiger partial charge in [0, 0.05) is 31.5 Å². The van der Waals surface area contributed by atoms with E-state index in [2.05, 4.69) is 10.6 Å². The highest BCUT2D eigenvalue weighted by Crippen LogP contribution is 2.37. The fourth-order valence-corrected chi connectivity index (χ4v) is 5.11. The summed E-state index contributed by atoms with van der Waals surface area (Å²) in [5.41, 5.74) is -0.105. The Bertz CT molecular complexity index is 954. The van der Waals surface area contributed by atoms with E-state index in [-0.39, 0.29) is 23.4 Å². The van der Waals surface area contributed by atoms with E-state index in [4.69, 9.17) is 4.42 Å². The maximum absolute atomic E-state index is 13.1. The van der Waals surface area contributed by atoms with Gasteiger partial charge in [0.05, 0.1) is 11.2 Å². The molecule has 3 heterocycles. The van der Waals surface area contributed by atoms with Gasteiger partial charge in [-0.05, 0) is 49.2 Å². The zero-order valence-corrected chi connectivity index (χ0v) is 16.9. The van der Waals surface area contributed by atoms with Crippen molar-refractivity contribution in [1.29, 1.82) is 0 Å². The van der Waals surface area contributed by atoms with Crippen LogP contribution in [0.25, 0.3) is 11.3 Å². The first kappa shape index (κ1) is 19.3. The van der Waals surface area contributed by atoms with Crippen molar-refractivity contribution < 1.29 is 18.4 Å². The molecule has 7 heteroatoms. The molecule has 1 aromatic heterocycles. The average molecular weight is 411 g/mol. The molecular weight excluding hydrogens is 385 g/mol. The average Bonchev–Trinajstić information content (AvgIpc) is 3.33. The molecule has 1 aromatic carbocycles. The van der Waals surface area contributed by atoms with Crippen LogP contribution in [0.5, 0.6) is 0 Å². The van der Waals surface area contributed by atoms with Crippen LogP contribution in [0.1, 0.15) is 55.5 Å². The Morgan fingerprint density at radius 2 is 1.67 bits per heavy atom. The summed E-state index contributed by atoms with van der Waals surface area (Å²) in [6.07, 6.45) is 6.49. The van der Waals surface area contributed by atoms with Crippen molar-refractivity contribution in [3.63, 3.8) is 0 Å². The SMILES string of the molecule is O=C(c1ccc(-c2ccc(F)cc2)o1)N1CCC2(CC1)NC(=O)C1(CCCCC1)N2. The van der Waals surface area contributed by atoms with E-state index >= 15 is 0 Å². The lowest BCUT2D eigenvalue weighted by Crippen LogP contribution is -2.60. The van der Waals surface area contributed by atoms with Crippen molar-refractivity contribution in [2.45, 2.75) is 56.1 Å². The Morgan fingerprint density at radius 3 is 2.37 bits per heavy atom. The quantitative estimate of drug-likeness (QED) is 0.794. The molecular formula is C23H26FN3O3. The fraction of sp³-hybridized carbons (Fsp3) is 0.478. The normalized spacial score (nSPS) is 22.4. The van der Waals surface area contributed by atoms with Gasteiger partial charge in [-0.15, -0.1) is 0 Å². The number of amides is 2. The van der Waals surface area contributed by atoms with E-state index in [0.29, 0.717) is 31.7 Å². The molecule has 1 aliphatic carbocycles. The lowest BCUT2D eigenvalue weighted by Gasteiger charge is -2.41. The van der Waals surface area contributed by atoms with Gasteiger partial charge < -0.3 is 14.6 Å². The second kappa shape index (κ2) is 7.23. The molecule has 0 bridgehead atoms. The third-order valence-electron chi connectivity index (χ3n) is 6.82. The fourth-order valence-electron chi connectivity index (χ4n) is 5.11. The predicted molar refractivity (Wildman–Crippen MR) is 109 cm³/mol. The number of carbonyl (C=O) groups excluding carboxylic acids is 2. The summed E-state index contributed by atoms with van der Waals surface area (Å²) in [6.45, 7) is 1.10. The molecule has 3 aliphatic rings. The first-order valence-electron chi connectivity index (χ1n) is 10.8.